The Hall–Kier alpha value is -0.870. The lowest BCUT2D eigenvalue weighted by Crippen LogP contribution is -2.21. The summed E-state index contributed by atoms with van der Waals surface area (Å²) in [5.74, 6) is 0.620. The molecule has 0 spiro atoms. The molecule has 1 saturated heterocycles. The summed E-state index contributed by atoms with van der Waals surface area (Å²) in [6.07, 6.45) is 6.38. The molecule has 2 atom stereocenters. The van der Waals surface area contributed by atoms with Gasteiger partial charge in [-0.05, 0) is 12.8 Å². The molecule has 0 bridgehead atoms. The Bertz CT molecular complexity index is 311. The molecule has 0 aliphatic carbocycles. The number of hydrogen-bond donors (Lipinski definition) is 1. The van der Waals surface area contributed by atoms with Crippen LogP contribution in [0.5, 0.6) is 0 Å². The Balaban J connectivity index is 2.01. The molecule has 4 nitrogen and oxygen atoms in total. The van der Waals surface area contributed by atoms with Gasteiger partial charge in [-0.15, -0.1) is 0 Å². The van der Waals surface area contributed by atoms with E-state index >= 15 is 0 Å². The maximum Gasteiger partial charge on any atom is 0.0948 e. The van der Waals surface area contributed by atoms with Crippen LogP contribution in [0.1, 0.15) is 25.5 Å². The van der Waals surface area contributed by atoms with Gasteiger partial charge in [0.2, 0.25) is 0 Å². The van der Waals surface area contributed by atoms with E-state index in [0.717, 1.165) is 31.7 Å². The van der Waals surface area contributed by atoms with Crippen molar-refractivity contribution < 1.29 is 4.74 Å². The van der Waals surface area contributed by atoms with Gasteiger partial charge >= 0.3 is 0 Å². The van der Waals surface area contributed by atoms with E-state index < -0.39 is 0 Å². The van der Waals surface area contributed by atoms with E-state index in [2.05, 4.69) is 16.5 Å². The van der Waals surface area contributed by atoms with E-state index in [0.29, 0.717) is 18.6 Å². The van der Waals surface area contributed by atoms with Crippen molar-refractivity contribution in [3.05, 3.63) is 18.2 Å². The molecule has 84 valence electrons. The molecule has 0 amide bonds. The van der Waals surface area contributed by atoms with Crippen molar-refractivity contribution in [2.45, 2.75) is 39.0 Å². The van der Waals surface area contributed by atoms with Crippen molar-refractivity contribution in [3.8, 4) is 0 Å². The first-order valence-corrected chi connectivity index (χ1v) is 5.65. The van der Waals surface area contributed by atoms with Crippen LogP contribution in [0.15, 0.2) is 12.5 Å². The van der Waals surface area contributed by atoms with E-state index in [1.54, 1.807) is 0 Å². The molecule has 2 rings (SSSR count). The number of nitrogens with zero attached hydrogens (tertiary/aromatic N) is 2. The summed E-state index contributed by atoms with van der Waals surface area (Å²) in [6, 6.07) is 0. The fourth-order valence-corrected chi connectivity index (χ4v) is 2.29. The molecule has 1 aliphatic rings. The highest BCUT2D eigenvalue weighted by molar-refractivity contribution is 4.98. The molecule has 0 radical (unpaired) electrons. The van der Waals surface area contributed by atoms with Gasteiger partial charge < -0.3 is 15.0 Å². The Morgan fingerprint density at radius 3 is 3.27 bits per heavy atom. The molecule has 2 N–H and O–H groups in total. The molecule has 0 saturated carbocycles. The summed E-state index contributed by atoms with van der Waals surface area (Å²) in [5.41, 5.74) is 6.75. The summed E-state index contributed by atoms with van der Waals surface area (Å²) < 4.78 is 7.83. The third-order valence-corrected chi connectivity index (χ3v) is 3.19. The molecule has 1 aliphatic heterocycles. The Morgan fingerprint density at radius 2 is 2.53 bits per heavy atom. The zero-order valence-electron chi connectivity index (χ0n) is 9.22. The highest BCUT2D eigenvalue weighted by atomic mass is 16.5. The zero-order chi connectivity index (χ0) is 10.7. The van der Waals surface area contributed by atoms with Crippen LogP contribution < -0.4 is 5.73 Å². The van der Waals surface area contributed by atoms with Crippen LogP contribution in [0.25, 0.3) is 0 Å². The predicted octanol–water partition coefficient (Wildman–Crippen LogP) is 1.16. The summed E-state index contributed by atoms with van der Waals surface area (Å²) in [5, 5.41) is 0. The first-order chi connectivity index (χ1) is 7.35. The van der Waals surface area contributed by atoms with E-state index in [9.17, 15) is 0 Å². The van der Waals surface area contributed by atoms with Gasteiger partial charge in [0.25, 0.3) is 0 Å². The predicted molar refractivity (Wildman–Crippen MR) is 58.3 cm³/mol. The lowest BCUT2D eigenvalue weighted by atomic mass is 9.99. The van der Waals surface area contributed by atoms with E-state index in [4.69, 9.17) is 10.5 Å². The maximum atomic E-state index is 5.67. The molecule has 1 aromatic rings. The molecule has 1 fully saturated rings. The number of hydrogen-bond acceptors (Lipinski definition) is 3. The fourth-order valence-electron chi connectivity index (χ4n) is 2.29. The van der Waals surface area contributed by atoms with Crippen molar-refractivity contribution in [2.75, 3.05) is 6.61 Å². The minimum Gasteiger partial charge on any atom is -0.378 e. The number of nitrogens with two attached hydrogens (primary N) is 1. The minimum atomic E-state index is 0.415. The molecule has 2 unspecified atom stereocenters. The second kappa shape index (κ2) is 4.77. The van der Waals surface area contributed by atoms with Crippen LogP contribution in [0.2, 0.25) is 0 Å². The standard InChI is InChI=1S/C11H19N3O/c1-2-11-9(3-4-15-11)7-14-8-13-6-10(14)5-12/h6,8-9,11H,2-5,7,12H2,1H3. The normalized spacial score (nSPS) is 26.0. The average molecular weight is 209 g/mol. The first kappa shape index (κ1) is 10.6. The molecule has 15 heavy (non-hydrogen) atoms. The number of ether oxygens (including phenoxy) is 1. The van der Waals surface area contributed by atoms with Crippen LogP contribution in [0, 0.1) is 5.92 Å². The summed E-state index contributed by atoms with van der Waals surface area (Å²) in [6.45, 7) is 4.63. The average Bonchev–Trinajstić information content (AvgIpc) is 2.87. The van der Waals surface area contributed by atoms with Gasteiger partial charge in [-0.25, -0.2) is 4.98 Å². The molecule has 1 aromatic heterocycles. The van der Waals surface area contributed by atoms with Gasteiger partial charge in [-0.1, -0.05) is 6.92 Å². The highest BCUT2D eigenvalue weighted by Gasteiger charge is 2.27. The third kappa shape index (κ3) is 2.21. The number of rotatable bonds is 4. The summed E-state index contributed by atoms with van der Waals surface area (Å²) >= 11 is 0. The Morgan fingerprint density at radius 1 is 1.67 bits per heavy atom. The van der Waals surface area contributed by atoms with Gasteiger partial charge in [0, 0.05) is 31.8 Å². The lowest BCUT2D eigenvalue weighted by Gasteiger charge is -2.18. The van der Waals surface area contributed by atoms with E-state index in [-0.39, 0.29) is 0 Å². The van der Waals surface area contributed by atoms with Gasteiger partial charge in [0.1, 0.15) is 0 Å². The van der Waals surface area contributed by atoms with Crippen LogP contribution in [-0.4, -0.2) is 22.3 Å². The SMILES string of the molecule is CCC1OCCC1Cn1cncc1CN. The second-order valence-electron chi connectivity index (χ2n) is 4.11. The summed E-state index contributed by atoms with van der Waals surface area (Å²) in [4.78, 5) is 4.13. The van der Waals surface area contributed by atoms with Crippen molar-refractivity contribution in [1.29, 1.82) is 0 Å². The Kier molecular flexibility index (Phi) is 3.38. The third-order valence-electron chi connectivity index (χ3n) is 3.19. The molecule has 0 aromatic carbocycles. The topological polar surface area (TPSA) is 53.1 Å². The van der Waals surface area contributed by atoms with Gasteiger partial charge in [0.15, 0.2) is 0 Å². The molecular weight excluding hydrogens is 190 g/mol. The fraction of sp³-hybridized carbons (Fsp3) is 0.727. The van der Waals surface area contributed by atoms with Gasteiger partial charge in [-0.3, -0.25) is 0 Å². The highest BCUT2D eigenvalue weighted by Crippen LogP contribution is 2.25. The van der Waals surface area contributed by atoms with Crippen molar-refractivity contribution in [1.82, 2.24) is 9.55 Å². The number of imidazole rings is 1. The first-order valence-electron chi connectivity index (χ1n) is 5.65. The zero-order valence-corrected chi connectivity index (χ0v) is 9.22. The quantitative estimate of drug-likeness (QED) is 0.809. The van der Waals surface area contributed by atoms with Crippen molar-refractivity contribution >= 4 is 0 Å². The Labute approximate surface area is 90.4 Å². The molecular formula is C11H19N3O. The maximum absolute atomic E-state index is 5.67. The van der Waals surface area contributed by atoms with Crippen molar-refractivity contribution in [2.24, 2.45) is 11.7 Å². The van der Waals surface area contributed by atoms with E-state index in [1.807, 2.05) is 12.5 Å². The van der Waals surface area contributed by atoms with Crippen LogP contribution in [-0.2, 0) is 17.8 Å². The lowest BCUT2D eigenvalue weighted by molar-refractivity contribution is 0.0833. The van der Waals surface area contributed by atoms with E-state index in [1.165, 1.54) is 0 Å². The van der Waals surface area contributed by atoms with Crippen molar-refractivity contribution in [3.63, 3.8) is 0 Å². The molecule has 4 heteroatoms. The minimum absolute atomic E-state index is 0.415. The van der Waals surface area contributed by atoms with Crippen LogP contribution >= 0.6 is 0 Å². The van der Waals surface area contributed by atoms with Crippen LogP contribution in [0.4, 0.5) is 0 Å². The number of aromatic nitrogens is 2. The molecule has 2 heterocycles. The summed E-state index contributed by atoms with van der Waals surface area (Å²) in [7, 11) is 0. The largest absolute Gasteiger partial charge is 0.378 e. The second-order valence-corrected chi connectivity index (χ2v) is 4.11. The van der Waals surface area contributed by atoms with Gasteiger partial charge in [-0.2, -0.15) is 0 Å². The smallest absolute Gasteiger partial charge is 0.0948 e. The van der Waals surface area contributed by atoms with Gasteiger partial charge in [0.05, 0.1) is 18.1 Å². The monoisotopic (exact) mass is 209 g/mol. The van der Waals surface area contributed by atoms with Crippen LogP contribution in [0.3, 0.4) is 0 Å².